The first-order chi connectivity index (χ1) is 19.4. The molecule has 4 aliphatic carbocycles. The number of ketones is 1. The minimum absolute atomic E-state index is 0.0169. The Labute approximate surface area is 245 Å². The van der Waals surface area contributed by atoms with Crippen molar-refractivity contribution in [3.8, 4) is 0 Å². The number of halogens is 1. The summed E-state index contributed by atoms with van der Waals surface area (Å²) in [6.45, 7) is 5.03. The van der Waals surface area contributed by atoms with E-state index in [4.69, 9.17) is 16.6 Å². The number of rotatable bonds is 2. The van der Waals surface area contributed by atoms with Gasteiger partial charge < -0.3 is 0 Å². The molecule has 3 heterocycles. The Morgan fingerprint density at radius 2 is 1.88 bits per heavy atom. The minimum atomic E-state index is 0.0169. The molecular weight excluding hydrogens is 534 g/mol. The normalized spacial score (nSPS) is 36.1. The van der Waals surface area contributed by atoms with Crippen LogP contribution in [0.5, 0.6) is 0 Å². The van der Waals surface area contributed by atoms with E-state index in [1.54, 1.807) is 11.8 Å². The number of fused-ring (bicyclic) bond motifs is 8. The van der Waals surface area contributed by atoms with Gasteiger partial charge in [0.05, 0.1) is 5.70 Å². The lowest BCUT2D eigenvalue weighted by Gasteiger charge is -2.58. The number of aromatic nitrogens is 1. The molecule has 1 aromatic heterocycles. The molecule has 6 aliphatic rings. The van der Waals surface area contributed by atoms with E-state index in [0.717, 1.165) is 29.5 Å². The molecule has 4 nitrogen and oxygen atoms in total. The molecule has 2 aromatic rings. The molecule has 0 saturated heterocycles. The van der Waals surface area contributed by atoms with Crippen molar-refractivity contribution in [3.63, 3.8) is 0 Å². The molecule has 0 N–H and O–H groups in total. The molecule has 1 aromatic carbocycles. The maximum atomic E-state index is 12.3. The molecule has 6 heteroatoms. The summed E-state index contributed by atoms with van der Waals surface area (Å²) in [7, 11) is 0. The van der Waals surface area contributed by atoms with Crippen LogP contribution in [0.25, 0.3) is 5.70 Å². The molecule has 0 bridgehead atoms. The number of aliphatic imine (C=N–C) groups is 1. The third-order valence-electron chi connectivity index (χ3n) is 11.3. The van der Waals surface area contributed by atoms with Gasteiger partial charge in [0.1, 0.15) is 6.04 Å². The van der Waals surface area contributed by atoms with Gasteiger partial charge in [0.25, 0.3) is 0 Å². The highest BCUT2D eigenvalue weighted by Gasteiger charge is 2.61. The number of hydrogen-bond acceptors (Lipinski definition) is 5. The number of benzene rings is 1. The second-order valence-electron chi connectivity index (χ2n) is 13.1. The topological polar surface area (TPSA) is 45.6 Å². The van der Waals surface area contributed by atoms with Gasteiger partial charge in [-0.15, -0.1) is 0 Å². The van der Waals surface area contributed by atoms with Crippen LogP contribution in [0.2, 0.25) is 5.02 Å². The number of carbonyl (C=O) groups excluding carboxylic acids is 1. The minimum Gasteiger partial charge on any atom is -0.295 e. The van der Waals surface area contributed by atoms with E-state index in [2.05, 4.69) is 47.3 Å². The molecule has 0 amide bonds. The molecule has 8 rings (SSSR count). The van der Waals surface area contributed by atoms with E-state index in [1.807, 2.05) is 36.7 Å². The van der Waals surface area contributed by atoms with Gasteiger partial charge in [-0.2, -0.15) is 0 Å². The van der Waals surface area contributed by atoms with Crippen LogP contribution in [-0.4, -0.2) is 20.8 Å². The van der Waals surface area contributed by atoms with Gasteiger partial charge in [-0.3, -0.25) is 14.7 Å². The Bertz CT molecular complexity index is 1540. The summed E-state index contributed by atoms with van der Waals surface area (Å²) >= 11 is 8.02. The van der Waals surface area contributed by atoms with E-state index in [1.165, 1.54) is 52.9 Å². The van der Waals surface area contributed by atoms with E-state index >= 15 is 0 Å². The summed E-state index contributed by atoms with van der Waals surface area (Å²) in [4.78, 5) is 24.8. The summed E-state index contributed by atoms with van der Waals surface area (Å²) in [5.41, 5.74) is 8.25. The van der Waals surface area contributed by atoms with Gasteiger partial charge in [-0.1, -0.05) is 61.0 Å². The van der Waals surface area contributed by atoms with E-state index in [-0.39, 0.29) is 16.9 Å². The zero-order chi connectivity index (χ0) is 27.2. The molecule has 2 fully saturated rings. The van der Waals surface area contributed by atoms with Crippen molar-refractivity contribution in [3.05, 3.63) is 93.3 Å². The number of nitrogens with zero attached hydrogens (tertiary/aromatic N) is 3. The van der Waals surface area contributed by atoms with E-state index in [9.17, 15) is 4.79 Å². The van der Waals surface area contributed by atoms with Crippen LogP contribution >= 0.6 is 23.4 Å². The summed E-state index contributed by atoms with van der Waals surface area (Å²) < 4.78 is 0. The number of amidine groups is 1. The number of carbonyl (C=O) groups is 1. The number of hydrogen-bond donors (Lipinski definition) is 0. The van der Waals surface area contributed by atoms with Crippen molar-refractivity contribution in [2.75, 3.05) is 0 Å². The van der Waals surface area contributed by atoms with Crippen molar-refractivity contribution in [1.82, 2.24) is 9.88 Å². The Hall–Kier alpha value is -2.63. The van der Waals surface area contributed by atoms with Gasteiger partial charge in [0.2, 0.25) is 0 Å². The van der Waals surface area contributed by atoms with Gasteiger partial charge >= 0.3 is 0 Å². The third-order valence-corrected chi connectivity index (χ3v) is 12.4. The Kier molecular flexibility index (Phi) is 5.61. The summed E-state index contributed by atoms with van der Waals surface area (Å²) in [6, 6.07) is 12.5. The van der Waals surface area contributed by atoms with Crippen molar-refractivity contribution in [2.24, 2.45) is 33.6 Å². The van der Waals surface area contributed by atoms with Crippen LogP contribution in [0.4, 0.5) is 0 Å². The summed E-state index contributed by atoms with van der Waals surface area (Å²) in [5, 5.41) is 4.11. The average molecular weight is 568 g/mol. The lowest BCUT2D eigenvalue weighted by molar-refractivity contribution is -0.117. The lowest BCUT2D eigenvalue weighted by Crippen LogP contribution is -2.51. The molecule has 2 aliphatic heterocycles. The highest BCUT2D eigenvalue weighted by Crippen LogP contribution is 2.69. The first-order valence-corrected chi connectivity index (χ1v) is 16.0. The van der Waals surface area contributed by atoms with Crippen LogP contribution in [0.3, 0.4) is 0 Å². The predicted molar refractivity (Wildman–Crippen MR) is 162 cm³/mol. The molecule has 1 unspecified atom stereocenters. The number of allylic oxidation sites excluding steroid dienone is 3. The fraction of sp³-hybridized carbons (Fsp3) is 0.441. The van der Waals surface area contributed by atoms with Crippen LogP contribution in [0.1, 0.15) is 76.0 Å². The summed E-state index contributed by atoms with van der Waals surface area (Å²) in [6.07, 6.45) is 13.4. The van der Waals surface area contributed by atoms with Gasteiger partial charge in [0, 0.05) is 40.4 Å². The van der Waals surface area contributed by atoms with Crippen LogP contribution < -0.4 is 0 Å². The second-order valence-corrected chi connectivity index (χ2v) is 14.3. The zero-order valence-electron chi connectivity index (χ0n) is 23.1. The van der Waals surface area contributed by atoms with Gasteiger partial charge in [-0.25, -0.2) is 4.99 Å². The Morgan fingerprint density at radius 1 is 1.02 bits per heavy atom. The van der Waals surface area contributed by atoms with Crippen LogP contribution in [0, 0.1) is 28.6 Å². The van der Waals surface area contributed by atoms with Crippen molar-refractivity contribution in [2.45, 2.75) is 64.8 Å². The zero-order valence-corrected chi connectivity index (χ0v) is 24.6. The maximum absolute atomic E-state index is 12.3. The van der Waals surface area contributed by atoms with Gasteiger partial charge in [0.15, 0.2) is 11.0 Å². The lowest BCUT2D eigenvalue weighted by atomic mass is 9.47. The largest absolute Gasteiger partial charge is 0.295 e. The molecule has 40 heavy (non-hydrogen) atoms. The fourth-order valence-electron chi connectivity index (χ4n) is 9.33. The fourth-order valence-corrected chi connectivity index (χ4v) is 10.4. The molecular formula is C34H34ClN3OS. The number of pyridine rings is 1. The third kappa shape index (κ3) is 3.49. The first kappa shape index (κ1) is 25.1. The predicted octanol–water partition coefficient (Wildman–Crippen LogP) is 8.59. The molecule has 0 spiro atoms. The SMILES string of the molecule is C[C@]12CCC(=O)C=C1CC[C@@H]1[C@@H]2CC[C@]2(C)C3=C(C[C@@H]12)C(c1cccnc1)N=C1SC=C(c2ccc(Cl)cc2)N13. The quantitative estimate of drug-likeness (QED) is 0.364. The molecule has 204 valence electrons. The number of thioether (sulfide) groups is 1. The smallest absolute Gasteiger partial charge is 0.173 e. The Balaban J connectivity index is 1.23. The Morgan fingerprint density at radius 3 is 2.67 bits per heavy atom. The van der Waals surface area contributed by atoms with Gasteiger partial charge in [-0.05, 0) is 103 Å². The van der Waals surface area contributed by atoms with Crippen LogP contribution in [0.15, 0.2) is 82.1 Å². The molecule has 0 radical (unpaired) electrons. The standard InChI is InChI=1S/C34H34ClN3OS/c1-33-13-11-24(39)16-22(33)7-10-25-27(33)12-14-34(2)28(25)17-26-30(21-4-3-15-36-18-21)37-32-38(31(26)34)29(19-40-32)20-5-8-23(35)9-6-20/h3-6,8-9,15-16,18-19,25,27-28,30H,7,10-14,17H2,1-2H3/t25-,27+,28+,30?,33+,34+/m1/s1. The molecule has 2 saturated carbocycles. The van der Waals surface area contributed by atoms with Crippen molar-refractivity contribution >= 4 is 40.0 Å². The van der Waals surface area contributed by atoms with Crippen molar-refractivity contribution < 1.29 is 4.79 Å². The average Bonchev–Trinajstić information content (AvgIpc) is 3.52. The summed E-state index contributed by atoms with van der Waals surface area (Å²) in [5.74, 6) is 2.23. The maximum Gasteiger partial charge on any atom is 0.173 e. The first-order valence-electron chi connectivity index (χ1n) is 14.7. The van der Waals surface area contributed by atoms with E-state index in [0.29, 0.717) is 30.0 Å². The highest BCUT2D eigenvalue weighted by atomic mass is 35.5. The second kappa shape index (κ2) is 8.93. The molecule has 6 atom stereocenters. The highest BCUT2D eigenvalue weighted by molar-refractivity contribution is 8.16. The van der Waals surface area contributed by atoms with E-state index < -0.39 is 0 Å². The monoisotopic (exact) mass is 567 g/mol. The van der Waals surface area contributed by atoms with Crippen molar-refractivity contribution in [1.29, 1.82) is 0 Å². The van der Waals surface area contributed by atoms with Crippen LogP contribution in [-0.2, 0) is 4.79 Å².